The van der Waals surface area contributed by atoms with Gasteiger partial charge in [-0.25, -0.2) is 0 Å². The molecule has 0 radical (unpaired) electrons. The van der Waals surface area contributed by atoms with Crippen molar-refractivity contribution in [2.75, 3.05) is 7.11 Å². The van der Waals surface area contributed by atoms with Gasteiger partial charge < -0.3 is 4.74 Å². The summed E-state index contributed by atoms with van der Waals surface area (Å²) in [5.41, 5.74) is 1.86. The lowest BCUT2D eigenvalue weighted by Crippen LogP contribution is -2.02. The fourth-order valence-corrected chi connectivity index (χ4v) is 2.02. The fraction of sp³-hybridized carbons (Fsp3) is 0.0667. The molecule has 0 aliphatic rings. The van der Waals surface area contributed by atoms with Crippen LogP contribution >= 0.6 is 0 Å². The minimum Gasteiger partial charge on any atom is -0.497 e. The zero-order valence-electron chi connectivity index (χ0n) is 10.4. The number of methoxy groups -OCH3 is 1. The fourth-order valence-electron chi connectivity index (χ4n) is 2.02. The van der Waals surface area contributed by atoms with Crippen molar-refractivity contribution < 1.29 is 9.53 Å². The predicted molar refractivity (Wildman–Crippen MR) is 72.5 cm³/mol. The van der Waals surface area contributed by atoms with Gasteiger partial charge in [0, 0.05) is 10.9 Å². The summed E-state index contributed by atoms with van der Waals surface area (Å²) in [6.07, 6.45) is 0. The zero-order valence-corrected chi connectivity index (χ0v) is 10.4. The van der Waals surface area contributed by atoms with Gasteiger partial charge in [0.2, 0.25) is 5.78 Å². The molecule has 4 nitrogen and oxygen atoms in total. The van der Waals surface area contributed by atoms with Crippen molar-refractivity contribution in [1.82, 2.24) is 10.2 Å². The average Bonchev–Trinajstić information content (AvgIpc) is 2.90. The van der Waals surface area contributed by atoms with E-state index < -0.39 is 0 Å². The van der Waals surface area contributed by atoms with Gasteiger partial charge in [-0.15, -0.1) is 0 Å². The highest BCUT2D eigenvalue weighted by molar-refractivity contribution is 6.14. The number of nitrogens with zero attached hydrogens (tertiary/aromatic N) is 1. The molecule has 0 amide bonds. The van der Waals surface area contributed by atoms with Gasteiger partial charge in [-0.3, -0.25) is 9.89 Å². The molecule has 0 spiro atoms. The van der Waals surface area contributed by atoms with Crippen LogP contribution in [-0.2, 0) is 0 Å². The Hall–Kier alpha value is -2.62. The number of ether oxygens (including phenoxy) is 1. The standard InChI is InChI=1S/C15H12N2O2/c1-19-11-7-8-13-12(9-11)14(17-16-13)15(18)10-5-3-2-4-6-10/h2-9H,1H3,(H,16,17). The summed E-state index contributed by atoms with van der Waals surface area (Å²) >= 11 is 0. The van der Waals surface area contributed by atoms with Crippen LogP contribution in [0, 0.1) is 0 Å². The highest BCUT2D eigenvalue weighted by atomic mass is 16.5. The number of nitrogens with one attached hydrogen (secondary N) is 1. The highest BCUT2D eigenvalue weighted by Crippen LogP contribution is 2.23. The van der Waals surface area contributed by atoms with Gasteiger partial charge in [0.15, 0.2) is 0 Å². The second-order valence-corrected chi connectivity index (χ2v) is 4.18. The number of aromatic nitrogens is 2. The SMILES string of the molecule is COc1ccc2[nH]nc(C(=O)c3ccccc3)c2c1. The molecule has 0 fully saturated rings. The van der Waals surface area contributed by atoms with Crippen molar-refractivity contribution in [3.8, 4) is 5.75 Å². The summed E-state index contributed by atoms with van der Waals surface area (Å²) < 4.78 is 5.18. The van der Waals surface area contributed by atoms with Gasteiger partial charge in [0.25, 0.3) is 0 Å². The van der Waals surface area contributed by atoms with Crippen LogP contribution in [0.25, 0.3) is 10.9 Å². The number of benzene rings is 2. The molecule has 2 aromatic carbocycles. The lowest BCUT2D eigenvalue weighted by Gasteiger charge is -2.00. The Labute approximate surface area is 110 Å². The number of hydrogen-bond donors (Lipinski definition) is 1. The van der Waals surface area contributed by atoms with Crippen LogP contribution in [0.1, 0.15) is 16.1 Å². The van der Waals surface area contributed by atoms with Gasteiger partial charge in [-0.2, -0.15) is 5.10 Å². The summed E-state index contributed by atoms with van der Waals surface area (Å²) in [7, 11) is 1.60. The van der Waals surface area contributed by atoms with Crippen molar-refractivity contribution in [1.29, 1.82) is 0 Å². The van der Waals surface area contributed by atoms with Crippen LogP contribution < -0.4 is 4.74 Å². The van der Waals surface area contributed by atoms with E-state index in [1.54, 1.807) is 19.2 Å². The molecule has 0 atom stereocenters. The molecule has 0 aliphatic carbocycles. The number of fused-ring (bicyclic) bond motifs is 1. The summed E-state index contributed by atoms with van der Waals surface area (Å²) in [5.74, 6) is 0.608. The largest absolute Gasteiger partial charge is 0.497 e. The van der Waals surface area contributed by atoms with E-state index in [1.165, 1.54) is 0 Å². The van der Waals surface area contributed by atoms with E-state index >= 15 is 0 Å². The van der Waals surface area contributed by atoms with Crippen LogP contribution in [0.4, 0.5) is 0 Å². The third kappa shape index (κ3) is 1.97. The Balaban J connectivity index is 2.12. The molecule has 0 saturated carbocycles. The summed E-state index contributed by atoms with van der Waals surface area (Å²) in [4.78, 5) is 12.4. The molecular weight excluding hydrogens is 240 g/mol. The second-order valence-electron chi connectivity index (χ2n) is 4.18. The summed E-state index contributed by atoms with van der Waals surface area (Å²) in [6.45, 7) is 0. The molecular formula is C15H12N2O2. The molecule has 94 valence electrons. The quantitative estimate of drug-likeness (QED) is 0.729. The normalized spacial score (nSPS) is 10.6. The van der Waals surface area contributed by atoms with Crippen molar-refractivity contribution in [3.05, 3.63) is 59.8 Å². The van der Waals surface area contributed by atoms with Crippen LogP contribution in [0.5, 0.6) is 5.75 Å². The van der Waals surface area contributed by atoms with E-state index in [2.05, 4.69) is 10.2 Å². The topological polar surface area (TPSA) is 55.0 Å². The average molecular weight is 252 g/mol. The molecule has 4 heteroatoms. The molecule has 3 rings (SSSR count). The van der Waals surface area contributed by atoms with E-state index in [4.69, 9.17) is 4.74 Å². The monoisotopic (exact) mass is 252 g/mol. The first-order valence-electron chi connectivity index (χ1n) is 5.91. The minimum atomic E-state index is -0.0971. The Morgan fingerprint density at radius 3 is 2.68 bits per heavy atom. The molecule has 1 heterocycles. The number of carbonyl (C=O) groups is 1. The van der Waals surface area contributed by atoms with E-state index in [1.807, 2.05) is 36.4 Å². The Morgan fingerprint density at radius 2 is 1.95 bits per heavy atom. The van der Waals surface area contributed by atoms with Gasteiger partial charge in [0.05, 0.1) is 12.6 Å². The first kappa shape index (κ1) is 11.5. The second kappa shape index (κ2) is 4.57. The van der Waals surface area contributed by atoms with E-state index in [0.717, 1.165) is 10.9 Å². The molecule has 19 heavy (non-hydrogen) atoms. The first-order valence-corrected chi connectivity index (χ1v) is 5.91. The van der Waals surface area contributed by atoms with Crippen LogP contribution in [-0.4, -0.2) is 23.1 Å². The highest BCUT2D eigenvalue weighted by Gasteiger charge is 2.16. The zero-order chi connectivity index (χ0) is 13.2. The maximum absolute atomic E-state index is 12.4. The number of hydrogen-bond acceptors (Lipinski definition) is 3. The Morgan fingerprint density at radius 1 is 1.16 bits per heavy atom. The predicted octanol–water partition coefficient (Wildman–Crippen LogP) is 2.80. The van der Waals surface area contributed by atoms with E-state index in [-0.39, 0.29) is 5.78 Å². The van der Waals surface area contributed by atoms with Gasteiger partial charge in [-0.05, 0) is 18.2 Å². The maximum atomic E-state index is 12.4. The molecule has 0 saturated heterocycles. The lowest BCUT2D eigenvalue weighted by atomic mass is 10.1. The van der Waals surface area contributed by atoms with Crippen LogP contribution in [0.15, 0.2) is 48.5 Å². The smallest absolute Gasteiger partial charge is 0.213 e. The van der Waals surface area contributed by atoms with Crippen molar-refractivity contribution in [2.45, 2.75) is 0 Å². The number of carbonyl (C=O) groups excluding carboxylic acids is 1. The lowest BCUT2D eigenvalue weighted by molar-refractivity contribution is 0.103. The maximum Gasteiger partial charge on any atom is 0.213 e. The van der Waals surface area contributed by atoms with Crippen molar-refractivity contribution in [3.63, 3.8) is 0 Å². The van der Waals surface area contributed by atoms with Gasteiger partial charge >= 0.3 is 0 Å². The third-order valence-electron chi connectivity index (χ3n) is 3.02. The number of ketones is 1. The molecule has 3 aromatic rings. The van der Waals surface area contributed by atoms with Gasteiger partial charge in [-0.1, -0.05) is 30.3 Å². The Bertz CT molecular complexity index is 732. The van der Waals surface area contributed by atoms with Crippen LogP contribution in [0.3, 0.4) is 0 Å². The van der Waals surface area contributed by atoms with E-state index in [9.17, 15) is 4.79 Å². The molecule has 0 unspecified atom stereocenters. The van der Waals surface area contributed by atoms with Crippen LogP contribution in [0.2, 0.25) is 0 Å². The number of aromatic amines is 1. The van der Waals surface area contributed by atoms with E-state index in [0.29, 0.717) is 17.0 Å². The van der Waals surface area contributed by atoms with Crippen molar-refractivity contribution >= 4 is 16.7 Å². The van der Waals surface area contributed by atoms with Crippen molar-refractivity contribution in [2.24, 2.45) is 0 Å². The Kier molecular flexibility index (Phi) is 2.76. The minimum absolute atomic E-state index is 0.0971. The first-order chi connectivity index (χ1) is 9.29. The third-order valence-corrected chi connectivity index (χ3v) is 3.02. The number of rotatable bonds is 3. The number of H-pyrrole nitrogens is 1. The molecule has 1 aromatic heterocycles. The molecule has 0 bridgehead atoms. The summed E-state index contributed by atoms with van der Waals surface area (Å²) in [5, 5.41) is 7.75. The van der Waals surface area contributed by atoms with Gasteiger partial charge in [0.1, 0.15) is 11.4 Å². The summed E-state index contributed by atoms with van der Waals surface area (Å²) in [6, 6.07) is 14.6. The molecule has 0 aliphatic heterocycles. The molecule has 1 N–H and O–H groups in total.